The molecular formula is C16H26N4O3S. The zero-order valence-electron chi connectivity index (χ0n) is 14.5. The van der Waals surface area contributed by atoms with E-state index in [1.54, 1.807) is 19.9 Å². The molecule has 0 aliphatic carbocycles. The van der Waals surface area contributed by atoms with Gasteiger partial charge < -0.3 is 20.1 Å². The van der Waals surface area contributed by atoms with Crippen LogP contribution in [-0.4, -0.2) is 59.6 Å². The van der Waals surface area contributed by atoms with Crippen LogP contribution >= 0.6 is 11.8 Å². The SMILES string of the molecule is CNCC1CCN(C(=O)CSC(C)C(=O)Nc2cc(C)on2)CC1. The molecular weight excluding hydrogens is 328 g/mol. The molecule has 0 saturated carbocycles. The molecule has 24 heavy (non-hydrogen) atoms. The molecule has 0 aromatic carbocycles. The zero-order chi connectivity index (χ0) is 17.5. The minimum Gasteiger partial charge on any atom is -0.360 e. The standard InChI is InChI=1S/C16H26N4O3S/c1-11-8-14(19-23-11)18-16(22)12(2)24-10-15(21)20-6-4-13(5-7-20)9-17-3/h8,12-13,17H,4-7,9-10H2,1-3H3,(H,18,19,22). The van der Waals surface area contributed by atoms with Crippen molar-refractivity contribution in [3.63, 3.8) is 0 Å². The van der Waals surface area contributed by atoms with Crippen LogP contribution in [0.2, 0.25) is 0 Å². The Labute approximate surface area is 146 Å². The summed E-state index contributed by atoms with van der Waals surface area (Å²) in [4.78, 5) is 26.3. The summed E-state index contributed by atoms with van der Waals surface area (Å²) in [7, 11) is 1.96. The van der Waals surface area contributed by atoms with Crippen molar-refractivity contribution in [2.75, 3.05) is 37.8 Å². The lowest BCUT2D eigenvalue weighted by atomic mass is 9.97. The van der Waals surface area contributed by atoms with Gasteiger partial charge in [-0.05, 0) is 46.2 Å². The van der Waals surface area contributed by atoms with Crippen molar-refractivity contribution in [1.29, 1.82) is 0 Å². The lowest BCUT2D eigenvalue weighted by Gasteiger charge is -2.32. The van der Waals surface area contributed by atoms with Crippen LogP contribution < -0.4 is 10.6 Å². The molecule has 1 unspecified atom stereocenters. The third-order valence-corrected chi connectivity index (χ3v) is 5.29. The maximum atomic E-state index is 12.3. The number of aryl methyl sites for hydroxylation is 1. The smallest absolute Gasteiger partial charge is 0.238 e. The highest BCUT2D eigenvalue weighted by Crippen LogP contribution is 2.19. The third-order valence-electron chi connectivity index (χ3n) is 4.17. The number of carbonyl (C=O) groups is 2. The molecule has 1 saturated heterocycles. The Kier molecular flexibility index (Phi) is 7.11. The van der Waals surface area contributed by atoms with E-state index < -0.39 is 0 Å². The molecule has 0 bridgehead atoms. The number of anilines is 1. The molecule has 1 aromatic heterocycles. The minimum absolute atomic E-state index is 0.111. The Balaban J connectivity index is 1.70. The van der Waals surface area contributed by atoms with Crippen molar-refractivity contribution in [2.24, 2.45) is 5.92 Å². The van der Waals surface area contributed by atoms with Gasteiger partial charge in [-0.25, -0.2) is 0 Å². The largest absolute Gasteiger partial charge is 0.360 e. The normalized spacial score (nSPS) is 16.9. The number of nitrogens with one attached hydrogen (secondary N) is 2. The molecule has 2 amide bonds. The molecule has 8 heteroatoms. The first-order valence-electron chi connectivity index (χ1n) is 8.27. The molecule has 0 spiro atoms. The van der Waals surface area contributed by atoms with Gasteiger partial charge in [-0.2, -0.15) is 0 Å². The summed E-state index contributed by atoms with van der Waals surface area (Å²) in [5.74, 6) is 1.96. The van der Waals surface area contributed by atoms with E-state index in [0.717, 1.165) is 32.5 Å². The minimum atomic E-state index is -0.326. The van der Waals surface area contributed by atoms with Crippen LogP contribution in [0, 0.1) is 12.8 Å². The van der Waals surface area contributed by atoms with Crippen LogP contribution in [0.4, 0.5) is 5.82 Å². The van der Waals surface area contributed by atoms with Crippen molar-refractivity contribution >= 4 is 29.4 Å². The lowest BCUT2D eigenvalue weighted by Crippen LogP contribution is -2.41. The van der Waals surface area contributed by atoms with Gasteiger partial charge >= 0.3 is 0 Å². The molecule has 1 aliphatic heterocycles. The van der Waals surface area contributed by atoms with Crippen LogP contribution in [0.5, 0.6) is 0 Å². The van der Waals surface area contributed by atoms with Crippen molar-refractivity contribution in [3.8, 4) is 0 Å². The summed E-state index contributed by atoms with van der Waals surface area (Å²) in [5, 5.41) is 9.29. The van der Waals surface area contributed by atoms with E-state index in [1.165, 1.54) is 11.8 Å². The van der Waals surface area contributed by atoms with Crippen LogP contribution in [0.1, 0.15) is 25.5 Å². The van der Waals surface area contributed by atoms with Gasteiger partial charge in [0.05, 0.1) is 11.0 Å². The van der Waals surface area contributed by atoms with Crippen molar-refractivity contribution < 1.29 is 14.1 Å². The fourth-order valence-electron chi connectivity index (χ4n) is 2.69. The molecule has 1 aromatic rings. The maximum Gasteiger partial charge on any atom is 0.238 e. The van der Waals surface area contributed by atoms with Gasteiger partial charge in [0.25, 0.3) is 0 Å². The van der Waals surface area contributed by atoms with Crippen LogP contribution in [0.3, 0.4) is 0 Å². The fraction of sp³-hybridized carbons (Fsp3) is 0.688. The summed E-state index contributed by atoms with van der Waals surface area (Å²) < 4.78 is 4.91. The molecule has 0 radical (unpaired) electrons. The van der Waals surface area contributed by atoms with Gasteiger partial charge in [0.1, 0.15) is 5.76 Å². The predicted molar refractivity (Wildman–Crippen MR) is 95.0 cm³/mol. The van der Waals surface area contributed by atoms with Crippen LogP contribution in [-0.2, 0) is 9.59 Å². The van der Waals surface area contributed by atoms with E-state index in [1.807, 2.05) is 11.9 Å². The molecule has 1 atom stereocenters. The Morgan fingerprint density at radius 2 is 2.17 bits per heavy atom. The first-order valence-corrected chi connectivity index (χ1v) is 9.32. The highest BCUT2D eigenvalue weighted by atomic mass is 32.2. The van der Waals surface area contributed by atoms with Crippen molar-refractivity contribution in [2.45, 2.75) is 31.9 Å². The van der Waals surface area contributed by atoms with E-state index in [2.05, 4.69) is 15.8 Å². The second-order valence-electron chi connectivity index (χ2n) is 6.15. The van der Waals surface area contributed by atoms with E-state index in [9.17, 15) is 9.59 Å². The molecule has 7 nitrogen and oxygen atoms in total. The number of aromatic nitrogens is 1. The third kappa shape index (κ3) is 5.52. The summed E-state index contributed by atoms with van der Waals surface area (Å²) in [6.45, 7) is 6.18. The number of hydrogen-bond donors (Lipinski definition) is 2. The molecule has 2 rings (SSSR count). The van der Waals surface area contributed by atoms with E-state index in [0.29, 0.717) is 23.2 Å². The second kappa shape index (κ2) is 9.08. The van der Waals surface area contributed by atoms with Crippen molar-refractivity contribution in [3.05, 3.63) is 11.8 Å². The zero-order valence-corrected chi connectivity index (χ0v) is 15.3. The average Bonchev–Trinajstić information content (AvgIpc) is 2.98. The number of nitrogens with zero attached hydrogens (tertiary/aromatic N) is 2. The first kappa shape index (κ1) is 18.8. The van der Waals surface area contributed by atoms with Crippen molar-refractivity contribution in [1.82, 2.24) is 15.4 Å². The fourth-order valence-corrected chi connectivity index (χ4v) is 3.48. The highest BCUT2D eigenvalue weighted by molar-refractivity contribution is 8.01. The van der Waals surface area contributed by atoms with Crippen LogP contribution in [0.15, 0.2) is 10.6 Å². The molecule has 1 fully saturated rings. The summed E-state index contributed by atoms with van der Waals surface area (Å²) in [5.41, 5.74) is 0. The number of amides is 2. The second-order valence-corrected chi connectivity index (χ2v) is 7.48. The highest BCUT2D eigenvalue weighted by Gasteiger charge is 2.23. The van der Waals surface area contributed by atoms with Gasteiger partial charge in [-0.15, -0.1) is 11.8 Å². The topological polar surface area (TPSA) is 87.5 Å². The van der Waals surface area contributed by atoms with E-state index in [4.69, 9.17) is 4.52 Å². The van der Waals surface area contributed by atoms with Gasteiger partial charge in [0.15, 0.2) is 5.82 Å². The van der Waals surface area contributed by atoms with Gasteiger partial charge in [0.2, 0.25) is 11.8 Å². The number of likely N-dealkylation sites (tertiary alicyclic amines) is 1. The lowest BCUT2D eigenvalue weighted by molar-refractivity contribution is -0.129. The monoisotopic (exact) mass is 354 g/mol. The predicted octanol–water partition coefficient (Wildman–Crippen LogP) is 1.50. The number of piperidine rings is 1. The molecule has 134 valence electrons. The number of thioether (sulfide) groups is 1. The van der Waals surface area contributed by atoms with Gasteiger partial charge in [0, 0.05) is 19.2 Å². The van der Waals surface area contributed by atoms with E-state index >= 15 is 0 Å². The summed E-state index contributed by atoms with van der Waals surface area (Å²) in [6.07, 6.45) is 2.08. The Bertz CT molecular complexity index is 555. The number of rotatable bonds is 7. The molecule has 2 N–H and O–H groups in total. The Hall–Kier alpha value is -1.54. The average molecular weight is 354 g/mol. The number of hydrogen-bond acceptors (Lipinski definition) is 6. The Morgan fingerprint density at radius 3 is 2.75 bits per heavy atom. The Morgan fingerprint density at radius 1 is 1.46 bits per heavy atom. The first-order chi connectivity index (χ1) is 11.5. The molecule has 2 heterocycles. The number of carbonyl (C=O) groups excluding carboxylic acids is 2. The van der Waals surface area contributed by atoms with Gasteiger partial charge in [-0.3, -0.25) is 9.59 Å². The van der Waals surface area contributed by atoms with E-state index in [-0.39, 0.29) is 17.1 Å². The van der Waals surface area contributed by atoms with Crippen LogP contribution in [0.25, 0.3) is 0 Å². The van der Waals surface area contributed by atoms with Gasteiger partial charge in [-0.1, -0.05) is 5.16 Å². The summed E-state index contributed by atoms with van der Waals surface area (Å²) >= 11 is 1.35. The molecule has 1 aliphatic rings. The quantitative estimate of drug-likeness (QED) is 0.772. The maximum absolute atomic E-state index is 12.3. The summed E-state index contributed by atoms with van der Waals surface area (Å²) in [6, 6.07) is 1.66.